The van der Waals surface area contributed by atoms with Crippen molar-refractivity contribution in [2.45, 2.75) is 20.8 Å². The van der Waals surface area contributed by atoms with Crippen LogP contribution in [0.1, 0.15) is 20.8 Å². The van der Waals surface area contributed by atoms with E-state index in [1.807, 2.05) is 9.80 Å². The largest absolute Gasteiger partial charge is 0.378 e. The second-order valence-corrected chi connectivity index (χ2v) is 6.61. The Morgan fingerprint density at radius 3 is 1.48 bits per heavy atom. The molecule has 0 aromatic carbocycles. The molecule has 3 amide bonds. The van der Waals surface area contributed by atoms with Gasteiger partial charge in [0.15, 0.2) is 0 Å². The van der Waals surface area contributed by atoms with Crippen LogP contribution in [0, 0.1) is 0 Å². The van der Waals surface area contributed by atoms with Crippen LogP contribution in [0.2, 0.25) is 0 Å². The highest BCUT2D eigenvalue weighted by atomic mass is 16.5. The summed E-state index contributed by atoms with van der Waals surface area (Å²) in [7, 11) is 0. The summed E-state index contributed by atoms with van der Waals surface area (Å²) in [5, 5.41) is 1.62. The molecular formula is C17H25N7O5. The van der Waals surface area contributed by atoms with Crippen molar-refractivity contribution in [1.29, 1.82) is 0 Å². The van der Waals surface area contributed by atoms with E-state index in [-0.39, 0.29) is 5.95 Å². The second-order valence-electron chi connectivity index (χ2n) is 6.61. The van der Waals surface area contributed by atoms with Crippen LogP contribution < -0.4 is 14.8 Å². The number of ether oxygens (including phenoxy) is 2. The number of amides is 3. The fraction of sp³-hybridized carbons (Fsp3) is 0.647. The number of hydrazine groups is 1. The quantitative estimate of drug-likeness (QED) is 0.589. The highest BCUT2D eigenvalue weighted by Crippen LogP contribution is 2.22. The topological polar surface area (TPSA) is 121 Å². The van der Waals surface area contributed by atoms with E-state index in [2.05, 4.69) is 15.0 Å². The first-order chi connectivity index (χ1) is 13.9. The van der Waals surface area contributed by atoms with Gasteiger partial charge in [0.05, 0.1) is 26.4 Å². The SMILES string of the molecule is CC(=O)N(C(C)=O)N(C(C)=O)c1nc(N2CCOCC2)nc(N2CCOCC2)n1. The summed E-state index contributed by atoms with van der Waals surface area (Å²) >= 11 is 0. The monoisotopic (exact) mass is 407 g/mol. The molecular weight excluding hydrogens is 382 g/mol. The normalized spacial score (nSPS) is 17.1. The van der Waals surface area contributed by atoms with Crippen molar-refractivity contribution in [1.82, 2.24) is 20.0 Å². The maximum atomic E-state index is 12.4. The molecule has 1 aromatic heterocycles. The zero-order valence-electron chi connectivity index (χ0n) is 16.8. The minimum atomic E-state index is -0.617. The Kier molecular flexibility index (Phi) is 6.54. The van der Waals surface area contributed by atoms with E-state index >= 15 is 0 Å². The van der Waals surface area contributed by atoms with Crippen molar-refractivity contribution in [2.75, 3.05) is 67.4 Å². The molecule has 0 radical (unpaired) electrons. The van der Waals surface area contributed by atoms with Crippen LogP contribution in [0.15, 0.2) is 0 Å². The molecule has 0 unspecified atom stereocenters. The van der Waals surface area contributed by atoms with Crippen molar-refractivity contribution < 1.29 is 23.9 Å². The van der Waals surface area contributed by atoms with Gasteiger partial charge in [0.1, 0.15) is 0 Å². The number of anilines is 3. The van der Waals surface area contributed by atoms with Gasteiger partial charge in [-0.15, -0.1) is 0 Å². The summed E-state index contributed by atoms with van der Waals surface area (Å²) in [6.07, 6.45) is 0. The number of nitrogens with zero attached hydrogens (tertiary/aromatic N) is 7. The Labute approximate surface area is 168 Å². The number of imide groups is 1. The van der Waals surface area contributed by atoms with Gasteiger partial charge in [0.2, 0.25) is 29.6 Å². The van der Waals surface area contributed by atoms with Gasteiger partial charge in [-0.1, -0.05) is 0 Å². The van der Waals surface area contributed by atoms with E-state index in [0.717, 1.165) is 10.0 Å². The Morgan fingerprint density at radius 1 is 0.724 bits per heavy atom. The maximum absolute atomic E-state index is 12.4. The molecule has 0 saturated carbocycles. The molecule has 0 N–H and O–H groups in total. The van der Waals surface area contributed by atoms with Gasteiger partial charge in [-0.25, -0.2) is 0 Å². The standard InChI is InChI=1S/C17H25N7O5/c1-12(25)23(13(2)26)24(14(3)27)17-19-15(21-4-8-28-9-5-21)18-16(20-17)22-6-10-29-11-7-22/h4-11H2,1-3H3. The molecule has 0 aliphatic carbocycles. The predicted octanol–water partition coefficient (Wildman–Crippen LogP) is -0.792. The maximum Gasteiger partial charge on any atom is 0.259 e. The molecule has 0 bridgehead atoms. The fourth-order valence-electron chi connectivity index (χ4n) is 3.12. The van der Waals surface area contributed by atoms with Crippen molar-refractivity contribution in [3.05, 3.63) is 0 Å². The molecule has 0 spiro atoms. The van der Waals surface area contributed by atoms with Crippen molar-refractivity contribution in [3.63, 3.8) is 0 Å². The summed E-state index contributed by atoms with van der Waals surface area (Å²) in [4.78, 5) is 53.7. The van der Waals surface area contributed by atoms with Crippen molar-refractivity contribution in [3.8, 4) is 0 Å². The lowest BCUT2D eigenvalue weighted by atomic mass is 10.4. The first-order valence-electron chi connectivity index (χ1n) is 9.42. The Morgan fingerprint density at radius 2 is 1.14 bits per heavy atom. The van der Waals surface area contributed by atoms with Crippen molar-refractivity contribution in [2.24, 2.45) is 0 Å². The van der Waals surface area contributed by atoms with Crippen LogP contribution in [-0.2, 0) is 23.9 Å². The van der Waals surface area contributed by atoms with Gasteiger partial charge in [0, 0.05) is 47.0 Å². The number of rotatable bonds is 3. The van der Waals surface area contributed by atoms with Crippen LogP contribution >= 0.6 is 0 Å². The van der Waals surface area contributed by atoms with E-state index in [1.165, 1.54) is 20.8 Å². The molecule has 0 atom stereocenters. The summed E-state index contributed by atoms with van der Waals surface area (Å²) in [6, 6.07) is 0. The van der Waals surface area contributed by atoms with E-state index in [9.17, 15) is 14.4 Å². The van der Waals surface area contributed by atoms with E-state index in [0.29, 0.717) is 64.5 Å². The first kappa shape index (κ1) is 20.9. The Bertz CT molecular complexity index is 727. The van der Waals surface area contributed by atoms with Gasteiger partial charge in [-0.3, -0.25) is 14.4 Å². The molecule has 3 rings (SSSR count). The molecule has 12 nitrogen and oxygen atoms in total. The summed E-state index contributed by atoms with van der Waals surface area (Å²) in [6.45, 7) is 8.05. The molecule has 1 aromatic rings. The van der Waals surface area contributed by atoms with Crippen LogP contribution in [-0.4, -0.2) is 90.3 Å². The molecule has 2 fully saturated rings. The fourth-order valence-corrected chi connectivity index (χ4v) is 3.12. The number of hydrogen-bond acceptors (Lipinski definition) is 10. The zero-order valence-corrected chi connectivity index (χ0v) is 16.8. The highest BCUT2D eigenvalue weighted by Gasteiger charge is 2.31. The summed E-state index contributed by atoms with van der Waals surface area (Å²) in [5.41, 5.74) is 0. The molecule has 2 aliphatic rings. The number of hydrogen-bond donors (Lipinski definition) is 0. The lowest BCUT2D eigenvalue weighted by molar-refractivity contribution is -0.146. The van der Waals surface area contributed by atoms with Crippen LogP contribution in [0.5, 0.6) is 0 Å². The third kappa shape index (κ3) is 4.77. The number of carbonyl (C=O) groups excluding carboxylic acids is 3. The third-order valence-corrected chi connectivity index (χ3v) is 4.47. The summed E-state index contributed by atoms with van der Waals surface area (Å²) < 4.78 is 10.8. The van der Waals surface area contributed by atoms with Gasteiger partial charge >= 0.3 is 0 Å². The van der Waals surface area contributed by atoms with Crippen molar-refractivity contribution >= 4 is 35.6 Å². The number of carbonyl (C=O) groups is 3. The van der Waals surface area contributed by atoms with Crippen LogP contribution in [0.3, 0.4) is 0 Å². The Balaban J connectivity index is 2.07. The van der Waals surface area contributed by atoms with Gasteiger partial charge in [-0.05, 0) is 0 Å². The average molecular weight is 407 g/mol. The molecule has 29 heavy (non-hydrogen) atoms. The molecule has 2 saturated heterocycles. The molecule has 2 aliphatic heterocycles. The van der Waals surface area contributed by atoms with E-state index < -0.39 is 17.7 Å². The third-order valence-electron chi connectivity index (χ3n) is 4.47. The van der Waals surface area contributed by atoms with E-state index in [4.69, 9.17) is 9.47 Å². The zero-order chi connectivity index (χ0) is 21.0. The first-order valence-corrected chi connectivity index (χ1v) is 9.42. The van der Waals surface area contributed by atoms with Crippen LogP contribution in [0.25, 0.3) is 0 Å². The molecule has 3 heterocycles. The van der Waals surface area contributed by atoms with Crippen LogP contribution in [0.4, 0.5) is 17.8 Å². The minimum absolute atomic E-state index is 0.0825. The van der Waals surface area contributed by atoms with Gasteiger partial charge < -0.3 is 19.3 Å². The highest BCUT2D eigenvalue weighted by molar-refractivity contribution is 6.02. The molecule has 12 heteroatoms. The Hall–Kier alpha value is -2.86. The molecule has 158 valence electrons. The predicted molar refractivity (Wildman–Crippen MR) is 102 cm³/mol. The smallest absolute Gasteiger partial charge is 0.259 e. The minimum Gasteiger partial charge on any atom is -0.378 e. The lowest BCUT2D eigenvalue weighted by Crippen LogP contribution is -2.52. The second kappa shape index (κ2) is 9.09. The average Bonchev–Trinajstić information content (AvgIpc) is 2.72. The summed E-state index contributed by atoms with van der Waals surface area (Å²) in [5.74, 6) is -1.16. The lowest BCUT2D eigenvalue weighted by Gasteiger charge is -2.33. The number of aromatic nitrogens is 3. The van der Waals surface area contributed by atoms with E-state index in [1.54, 1.807) is 0 Å². The number of morpholine rings is 2. The van der Waals surface area contributed by atoms with Gasteiger partial charge in [0.25, 0.3) is 5.95 Å². The van der Waals surface area contributed by atoms with Gasteiger partial charge in [-0.2, -0.15) is 25.0 Å².